The van der Waals surface area contributed by atoms with Crippen molar-refractivity contribution in [3.8, 4) is 0 Å². The van der Waals surface area contributed by atoms with E-state index in [1.165, 1.54) is 0 Å². The van der Waals surface area contributed by atoms with Crippen molar-refractivity contribution in [3.63, 3.8) is 0 Å². The van der Waals surface area contributed by atoms with Gasteiger partial charge in [0.05, 0.1) is 10.6 Å². The van der Waals surface area contributed by atoms with Gasteiger partial charge in [-0.2, -0.15) is 0 Å². The Morgan fingerprint density at radius 3 is 2.29 bits per heavy atom. The molecule has 3 rings (SSSR count). The van der Waals surface area contributed by atoms with Crippen LogP contribution in [0, 0.1) is 0 Å². The zero-order valence-electron chi connectivity index (χ0n) is 14.7. The van der Waals surface area contributed by atoms with Crippen LogP contribution in [0.4, 0.5) is 0 Å². The summed E-state index contributed by atoms with van der Waals surface area (Å²) < 4.78 is 25.8. The molecule has 0 aliphatic rings. The molecule has 4 nitrogen and oxygen atoms in total. The average molecular weight is 479 g/mol. The molecule has 1 N–H and O–H groups in total. The molecular formula is C21H17BrClNO3S. The molecule has 0 heterocycles. The predicted octanol–water partition coefficient (Wildman–Crippen LogP) is 5.01. The zero-order valence-corrected chi connectivity index (χ0v) is 17.9. The van der Waals surface area contributed by atoms with Gasteiger partial charge in [0.2, 0.25) is 0 Å². The Hall–Kier alpha value is -2.15. The molecule has 3 aromatic carbocycles. The van der Waals surface area contributed by atoms with E-state index in [-0.39, 0.29) is 16.6 Å². The second-order valence-corrected chi connectivity index (χ2v) is 9.50. The smallest absolute Gasteiger partial charge is 0.251 e. The number of carbonyl (C=O) groups is 1. The maximum atomic E-state index is 12.4. The Morgan fingerprint density at radius 2 is 1.64 bits per heavy atom. The Labute approximate surface area is 177 Å². The van der Waals surface area contributed by atoms with Crippen molar-refractivity contribution in [2.45, 2.75) is 17.2 Å². The summed E-state index contributed by atoms with van der Waals surface area (Å²) in [6.45, 7) is 0.301. The third kappa shape index (κ3) is 5.22. The minimum absolute atomic E-state index is 0.118. The molecule has 0 saturated carbocycles. The third-order valence-corrected chi connectivity index (χ3v) is 6.68. The molecule has 144 valence electrons. The molecule has 0 aromatic heterocycles. The van der Waals surface area contributed by atoms with Crippen LogP contribution in [-0.2, 0) is 22.1 Å². The van der Waals surface area contributed by atoms with Gasteiger partial charge in [-0.1, -0.05) is 63.9 Å². The molecule has 28 heavy (non-hydrogen) atoms. The summed E-state index contributed by atoms with van der Waals surface area (Å²) in [6, 6.07) is 20.3. The first kappa shape index (κ1) is 20.6. The van der Waals surface area contributed by atoms with Crippen molar-refractivity contribution in [2.24, 2.45) is 0 Å². The maximum absolute atomic E-state index is 12.4. The summed E-state index contributed by atoms with van der Waals surface area (Å²) in [5.74, 6) is -0.371. The molecule has 1 amide bonds. The van der Waals surface area contributed by atoms with Gasteiger partial charge in [-0.15, -0.1) is 0 Å². The van der Waals surface area contributed by atoms with E-state index >= 15 is 0 Å². The Morgan fingerprint density at radius 1 is 0.964 bits per heavy atom. The van der Waals surface area contributed by atoms with Crippen LogP contribution in [0.1, 0.15) is 21.5 Å². The van der Waals surface area contributed by atoms with Gasteiger partial charge in [-0.05, 0) is 47.5 Å². The monoisotopic (exact) mass is 477 g/mol. The number of rotatable bonds is 6. The molecule has 7 heteroatoms. The Balaban J connectivity index is 1.64. The summed E-state index contributed by atoms with van der Waals surface area (Å²) in [7, 11) is -3.42. The lowest BCUT2D eigenvalue weighted by molar-refractivity contribution is 0.0951. The van der Waals surface area contributed by atoms with Gasteiger partial charge >= 0.3 is 0 Å². The molecule has 0 aliphatic carbocycles. The molecule has 0 bridgehead atoms. The van der Waals surface area contributed by atoms with Crippen molar-refractivity contribution in [2.75, 3.05) is 0 Å². The largest absolute Gasteiger partial charge is 0.348 e. The van der Waals surface area contributed by atoms with Crippen LogP contribution in [-0.4, -0.2) is 14.3 Å². The van der Waals surface area contributed by atoms with Crippen LogP contribution < -0.4 is 5.32 Å². The number of amides is 1. The molecule has 0 spiro atoms. The van der Waals surface area contributed by atoms with Gasteiger partial charge < -0.3 is 5.32 Å². The second-order valence-electron chi connectivity index (χ2n) is 6.19. The van der Waals surface area contributed by atoms with E-state index < -0.39 is 9.84 Å². The van der Waals surface area contributed by atoms with Crippen LogP contribution in [0.5, 0.6) is 0 Å². The molecule has 0 radical (unpaired) electrons. The Kier molecular flexibility index (Phi) is 6.54. The zero-order chi connectivity index (χ0) is 20.1. The lowest BCUT2D eigenvalue weighted by Crippen LogP contribution is -2.22. The Bertz CT molecular complexity index is 1080. The van der Waals surface area contributed by atoms with E-state index in [4.69, 9.17) is 11.6 Å². The van der Waals surface area contributed by atoms with E-state index in [0.29, 0.717) is 22.7 Å². The molecule has 0 aliphatic heterocycles. The molecule has 3 aromatic rings. The molecule has 0 atom stereocenters. The van der Waals surface area contributed by atoms with E-state index in [0.717, 1.165) is 10.0 Å². The predicted molar refractivity (Wildman–Crippen MR) is 114 cm³/mol. The van der Waals surface area contributed by atoms with Crippen LogP contribution in [0.25, 0.3) is 0 Å². The summed E-state index contributed by atoms with van der Waals surface area (Å²) in [6.07, 6.45) is 0. The normalized spacial score (nSPS) is 11.2. The number of hydrogen-bond acceptors (Lipinski definition) is 3. The van der Waals surface area contributed by atoms with Crippen molar-refractivity contribution < 1.29 is 13.2 Å². The fourth-order valence-electron chi connectivity index (χ4n) is 2.63. The molecular weight excluding hydrogens is 462 g/mol. The van der Waals surface area contributed by atoms with Crippen LogP contribution in [0.2, 0.25) is 5.02 Å². The summed E-state index contributed by atoms with van der Waals surface area (Å²) >= 11 is 9.49. The molecule has 0 unspecified atom stereocenters. The summed E-state index contributed by atoms with van der Waals surface area (Å²) in [5, 5.41) is 3.38. The quantitative estimate of drug-likeness (QED) is 0.542. The first-order chi connectivity index (χ1) is 13.3. The van der Waals surface area contributed by atoms with Gasteiger partial charge in [0.15, 0.2) is 9.84 Å². The minimum Gasteiger partial charge on any atom is -0.348 e. The number of hydrogen-bond donors (Lipinski definition) is 1. The van der Waals surface area contributed by atoms with Crippen molar-refractivity contribution >= 4 is 43.3 Å². The van der Waals surface area contributed by atoms with Gasteiger partial charge in [-0.25, -0.2) is 8.42 Å². The van der Waals surface area contributed by atoms with E-state index in [1.54, 1.807) is 60.7 Å². The molecule has 0 fully saturated rings. The highest BCUT2D eigenvalue weighted by atomic mass is 79.9. The standard InChI is InChI=1S/C21H17BrClNO3S/c22-18-11-10-17(20(23)12-18)13-24-21(25)16-8-6-15(7-9-16)14-28(26,27)19-4-2-1-3-5-19/h1-12H,13-14H2,(H,24,25). The first-order valence-electron chi connectivity index (χ1n) is 8.44. The van der Waals surface area contributed by atoms with Gasteiger partial charge in [-0.3, -0.25) is 4.79 Å². The van der Waals surface area contributed by atoms with E-state index in [1.807, 2.05) is 12.1 Å². The van der Waals surface area contributed by atoms with Crippen molar-refractivity contribution in [3.05, 3.63) is 99.0 Å². The highest BCUT2D eigenvalue weighted by Crippen LogP contribution is 2.21. The topological polar surface area (TPSA) is 63.2 Å². The minimum atomic E-state index is -3.42. The summed E-state index contributed by atoms with van der Waals surface area (Å²) in [5.41, 5.74) is 1.88. The fourth-order valence-corrected chi connectivity index (χ4v) is 4.74. The van der Waals surface area contributed by atoms with Crippen LogP contribution in [0.3, 0.4) is 0 Å². The lowest BCUT2D eigenvalue weighted by atomic mass is 10.1. The number of carbonyl (C=O) groups excluding carboxylic acids is 1. The number of sulfone groups is 1. The van der Waals surface area contributed by atoms with Crippen LogP contribution >= 0.6 is 27.5 Å². The second kappa shape index (κ2) is 8.90. The fraction of sp³-hybridized carbons (Fsp3) is 0.0952. The van der Waals surface area contributed by atoms with Gasteiger partial charge in [0.25, 0.3) is 5.91 Å². The SMILES string of the molecule is O=C(NCc1ccc(Br)cc1Cl)c1ccc(CS(=O)(=O)c2ccccc2)cc1. The highest BCUT2D eigenvalue weighted by molar-refractivity contribution is 9.10. The summed E-state index contributed by atoms with van der Waals surface area (Å²) in [4.78, 5) is 12.6. The van der Waals surface area contributed by atoms with Crippen LogP contribution in [0.15, 0.2) is 82.2 Å². The first-order valence-corrected chi connectivity index (χ1v) is 11.3. The molecule has 0 saturated heterocycles. The average Bonchev–Trinajstić information content (AvgIpc) is 2.68. The van der Waals surface area contributed by atoms with E-state index in [9.17, 15) is 13.2 Å². The lowest BCUT2D eigenvalue weighted by Gasteiger charge is -2.09. The van der Waals surface area contributed by atoms with Gasteiger partial charge in [0, 0.05) is 21.6 Å². The number of benzene rings is 3. The number of nitrogens with one attached hydrogen (secondary N) is 1. The third-order valence-electron chi connectivity index (χ3n) is 4.13. The number of halogens is 2. The highest BCUT2D eigenvalue weighted by Gasteiger charge is 2.15. The maximum Gasteiger partial charge on any atom is 0.251 e. The van der Waals surface area contributed by atoms with Crippen molar-refractivity contribution in [1.29, 1.82) is 0 Å². The van der Waals surface area contributed by atoms with E-state index in [2.05, 4.69) is 21.2 Å². The van der Waals surface area contributed by atoms with Crippen molar-refractivity contribution in [1.82, 2.24) is 5.32 Å². The van der Waals surface area contributed by atoms with Gasteiger partial charge in [0.1, 0.15) is 0 Å².